The Morgan fingerprint density at radius 1 is 1.29 bits per heavy atom. The van der Waals surface area contributed by atoms with Gasteiger partial charge in [0.2, 0.25) is 5.09 Å². The van der Waals surface area contributed by atoms with Crippen molar-refractivity contribution in [2.45, 2.75) is 44.5 Å². The van der Waals surface area contributed by atoms with Crippen LogP contribution in [-0.4, -0.2) is 18.9 Å². The van der Waals surface area contributed by atoms with Gasteiger partial charge >= 0.3 is 0 Å². The van der Waals surface area contributed by atoms with Gasteiger partial charge in [0.05, 0.1) is 13.1 Å². The van der Waals surface area contributed by atoms with E-state index in [1.165, 1.54) is 17.4 Å². The number of furan rings is 1. The number of sulfonamides is 1. The van der Waals surface area contributed by atoms with Gasteiger partial charge in [0, 0.05) is 17.1 Å². The zero-order valence-corrected chi connectivity index (χ0v) is 13.8. The average molecular weight is 329 g/mol. The molecule has 2 heterocycles. The van der Waals surface area contributed by atoms with E-state index in [4.69, 9.17) is 4.42 Å². The van der Waals surface area contributed by atoms with Crippen LogP contribution in [0.25, 0.3) is 0 Å². The third kappa shape index (κ3) is 4.92. The molecular weight excluding hydrogens is 310 g/mol. The van der Waals surface area contributed by atoms with Crippen LogP contribution >= 0.6 is 11.3 Å². The Hall–Kier alpha value is -1.22. The Bertz CT molecular complexity index is 670. The molecule has 0 amide bonds. The quantitative estimate of drug-likeness (QED) is 0.848. The van der Waals surface area contributed by atoms with Crippen molar-refractivity contribution in [2.75, 3.05) is 0 Å². The second kappa shape index (κ2) is 6.27. The van der Waals surface area contributed by atoms with Crippen molar-refractivity contribution in [1.29, 1.82) is 0 Å². The molecule has 8 heteroatoms. The van der Waals surface area contributed by atoms with Crippen molar-refractivity contribution in [3.05, 3.63) is 34.5 Å². The topological polar surface area (TPSA) is 84.2 Å². The van der Waals surface area contributed by atoms with Gasteiger partial charge < -0.3 is 9.73 Å². The van der Waals surface area contributed by atoms with Gasteiger partial charge in [-0.2, -0.15) is 0 Å². The maximum absolute atomic E-state index is 12.1. The maximum atomic E-state index is 12.1. The van der Waals surface area contributed by atoms with E-state index in [9.17, 15) is 8.42 Å². The summed E-state index contributed by atoms with van der Waals surface area (Å²) in [5.74, 6) is 0.583. The van der Waals surface area contributed by atoms with E-state index < -0.39 is 10.0 Å². The predicted octanol–water partition coefficient (Wildman–Crippen LogP) is 2.10. The highest BCUT2D eigenvalue weighted by Gasteiger charge is 2.19. The molecular formula is C13H19N3O3S2. The van der Waals surface area contributed by atoms with Crippen molar-refractivity contribution < 1.29 is 12.8 Å². The van der Waals surface area contributed by atoms with Crippen LogP contribution in [0.4, 0.5) is 0 Å². The van der Waals surface area contributed by atoms with E-state index in [-0.39, 0.29) is 17.2 Å². The van der Waals surface area contributed by atoms with Gasteiger partial charge in [-0.05, 0) is 32.9 Å². The first-order chi connectivity index (χ1) is 9.76. The number of aromatic nitrogens is 1. The summed E-state index contributed by atoms with van der Waals surface area (Å²) >= 11 is 1.40. The highest BCUT2D eigenvalue weighted by atomic mass is 32.2. The normalized spacial score (nSPS) is 12.7. The molecule has 116 valence electrons. The van der Waals surface area contributed by atoms with Gasteiger partial charge in [-0.25, -0.2) is 18.1 Å². The van der Waals surface area contributed by atoms with Crippen LogP contribution in [0.2, 0.25) is 0 Å². The Morgan fingerprint density at radius 2 is 2.05 bits per heavy atom. The summed E-state index contributed by atoms with van der Waals surface area (Å²) in [6.07, 6.45) is 1.64. The second-order valence-electron chi connectivity index (χ2n) is 5.57. The first kappa shape index (κ1) is 16.2. The Labute approximate surface area is 128 Å². The minimum absolute atomic E-state index is 0.0606. The van der Waals surface area contributed by atoms with E-state index in [1.807, 2.05) is 20.8 Å². The molecule has 2 aromatic rings. The largest absolute Gasteiger partial charge is 0.447 e. The van der Waals surface area contributed by atoms with Crippen molar-refractivity contribution in [3.8, 4) is 0 Å². The molecule has 0 unspecified atom stereocenters. The minimum Gasteiger partial charge on any atom is -0.447 e. The average Bonchev–Trinajstić information content (AvgIpc) is 3.05. The molecule has 0 radical (unpaired) electrons. The molecule has 0 aliphatic carbocycles. The van der Waals surface area contributed by atoms with Crippen LogP contribution in [0.3, 0.4) is 0 Å². The van der Waals surface area contributed by atoms with E-state index in [2.05, 4.69) is 15.0 Å². The molecule has 0 bridgehead atoms. The standard InChI is InChI=1S/C13H19N3O3S2/c1-13(2,3)15-8-10-4-5-12(19-10)21(17,18)16-9-11-14-6-7-20-11/h4-7,15-16H,8-9H2,1-3H3. The minimum atomic E-state index is -3.65. The van der Waals surface area contributed by atoms with Crippen LogP contribution in [0, 0.1) is 0 Å². The van der Waals surface area contributed by atoms with E-state index in [0.29, 0.717) is 17.3 Å². The van der Waals surface area contributed by atoms with Gasteiger partial charge in [0.1, 0.15) is 10.8 Å². The van der Waals surface area contributed by atoms with Crippen molar-refractivity contribution >= 4 is 21.4 Å². The smallest absolute Gasteiger partial charge is 0.274 e. The molecule has 0 spiro atoms. The van der Waals surface area contributed by atoms with Crippen molar-refractivity contribution in [3.63, 3.8) is 0 Å². The molecule has 0 aliphatic rings. The Balaban J connectivity index is 1.98. The molecule has 21 heavy (non-hydrogen) atoms. The van der Waals surface area contributed by atoms with E-state index >= 15 is 0 Å². The molecule has 2 N–H and O–H groups in total. The highest BCUT2D eigenvalue weighted by Crippen LogP contribution is 2.15. The van der Waals surface area contributed by atoms with Crippen LogP contribution in [0.15, 0.2) is 33.2 Å². The molecule has 0 saturated heterocycles. The number of hydrogen-bond acceptors (Lipinski definition) is 6. The molecule has 2 aromatic heterocycles. The lowest BCUT2D eigenvalue weighted by atomic mass is 10.1. The lowest BCUT2D eigenvalue weighted by Crippen LogP contribution is -2.34. The molecule has 0 aliphatic heterocycles. The van der Waals surface area contributed by atoms with E-state index in [0.717, 1.165) is 0 Å². The fourth-order valence-corrected chi connectivity index (χ4v) is 3.10. The summed E-state index contributed by atoms with van der Waals surface area (Å²) in [6.45, 7) is 6.73. The zero-order valence-electron chi connectivity index (χ0n) is 12.2. The zero-order chi connectivity index (χ0) is 15.5. The molecule has 0 atom stereocenters. The first-order valence-corrected chi connectivity index (χ1v) is 8.84. The van der Waals surface area contributed by atoms with Gasteiger partial charge in [-0.15, -0.1) is 11.3 Å². The summed E-state index contributed by atoms with van der Waals surface area (Å²) in [6, 6.07) is 3.13. The molecule has 2 rings (SSSR count). The monoisotopic (exact) mass is 329 g/mol. The third-order valence-corrected chi connectivity index (χ3v) is 4.64. The van der Waals surface area contributed by atoms with Crippen LogP contribution in [0.5, 0.6) is 0 Å². The SMILES string of the molecule is CC(C)(C)NCc1ccc(S(=O)(=O)NCc2nccs2)o1. The van der Waals surface area contributed by atoms with E-state index in [1.54, 1.807) is 17.6 Å². The fraction of sp³-hybridized carbons (Fsp3) is 0.462. The number of hydrogen-bond donors (Lipinski definition) is 2. The van der Waals surface area contributed by atoms with Gasteiger partial charge in [0.15, 0.2) is 0 Å². The van der Waals surface area contributed by atoms with Crippen LogP contribution < -0.4 is 10.0 Å². The third-order valence-electron chi connectivity index (χ3n) is 2.59. The summed E-state index contributed by atoms with van der Waals surface area (Å²) in [5, 5.41) is 5.67. The molecule has 0 aromatic carbocycles. The summed E-state index contributed by atoms with van der Waals surface area (Å²) in [4.78, 5) is 4.03. The number of nitrogens with zero attached hydrogens (tertiary/aromatic N) is 1. The number of nitrogens with one attached hydrogen (secondary N) is 2. The summed E-state index contributed by atoms with van der Waals surface area (Å²) in [7, 11) is -3.65. The fourth-order valence-electron chi connectivity index (χ4n) is 1.52. The predicted molar refractivity (Wildman–Crippen MR) is 81.4 cm³/mol. The molecule has 6 nitrogen and oxygen atoms in total. The lowest BCUT2D eigenvalue weighted by molar-refractivity contribution is 0.359. The highest BCUT2D eigenvalue weighted by molar-refractivity contribution is 7.89. The van der Waals surface area contributed by atoms with Crippen LogP contribution in [0.1, 0.15) is 31.5 Å². The maximum Gasteiger partial charge on any atom is 0.274 e. The number of rotatable bonds is 6. The van der Waals surface area contributed by atoms with Crippen molar-refractivity contribution in [1.82, 2.24) is 15.0 Å². The molecule has 0 saturated carbocycles. The van der Waals surface area contributed by atoms with Crippen molar-refractivity contribution in [2.24, 2.45) is 0 Å². The Kier molecular flexibility index (Phi) is 4.82. The van der Waals surface area contributed by atoms with Crippen LogP contribution in [-0.2, 0) is 23.1 Å². The van der Waals surface area contributed by atoms with Gasteiger partial charge in [-0.3, -0.25) is 0 Å². The Morgan fingerprint density at radius 3 is 2.67 bits per heavy atom. The van der Waals surface area contributed by atoms with Gasteiger partial charge in [0.25, 0.3) is 10.0 Å². The molecule has 0 fully saturated rings. The lowest BCUT2D eigenvalue weighted by Gasteiger charge is -2.19. The number of thiazole rings is 1. The first-order valence-electron chi connectivity index (χ1n) is 6.48. The summed E-state index contributed by atoms with van der Waals surface area (Å²) < 4.78 is 32.0. The summed E-state index contributed by atoms with van der Waals surface area (Å²) in [5.41, 5.74) is -0.0606. The second-order valence-corrected chi connectivity index (χ2v) is 8.25. The van der Waals surface area contributed by atoms with Gasteiger partial charge in [-0.1, -0.05) is 0 Å².